The summed E-state index contributed by atoms with van der Waals surface area (Å²) in [6.07, 6.45) is 3.77. The Bertz CT molecular complexity index is 544. The van der Waals surface area contributed by atoms with E-state index in [1.54, 1.807) is 0 Å². The number of amides is 1. The maximum atomic E-state index is 13.4. The van der Waals surface area contributed by atoms with E-state index in [9.17, 15) is 14.0 Å². The van der Waals surface area contributed by atoms with Crippen molar-refractivity contribution in [2.24, 2.45) is 0 Å². The zero-order valence-corrected chi connectivity index (χ0v) is 13.4. The van der Waals surface area contributed by atoms with Crippen LogP contribution in [-0.2, 0) is 9.53 Å². The summed E-state index contributed by atoms with van der Waals surface area (Å²) in [6.45, 7) is -0.108. The molecule has 0 heterocycles. The molecule has 0 aliphatic heterocycles. The number of hydrogen-bond donors (Lipinski definition) is 0. The number of carbonyl (C=O) groups is 2. The second-order valence-electron chi connectivity index (χ2n) is 5.07. The Kier molecular flexibility index (Phi) is 5.33. The summed E-state index contributed by atoms with van der Waals surface area (Å²) in [7, 11) is 1.29. The van der Waals surface area contributed by atoms with Crippen LogP contribution in [0.25, 0.3) is 0 Å². The van der Waals surface area contributed by atoms with Crippen molar-refractivity contribution in [3.05, 3.63) is 34.1 Å². The van der Waals surface area contributed by atoms with Gasteiger partial charge in [-0.05, 0) is 47.0 Å². The molecule has 1 saturated carbocycles. The monoisotopic (exact) mass is 357 g/mol. The molecule has 0 aromatic heterocycles. The lowest BCUT2D eigenvalue weighted by Gasteiger charge is -2.28. The number of ether oxygens (including phenoxy) is 1. The number of esters is 1. The second-order valence-corrected chi connectivity index (χ2v) is 5.93. The van der Waals surface area contributed by atoms with Gasteiger partial charge in [-0.15, -0.1) is 0 Å². The van der Waals surface area contributed by atoms with Crippen LogP contribution in [-0.4, -0.2) is 36.5 Å². The number of benzene rings is 1. The molecule has 1 aromatic rings. The lowest BCUT2D eigenvalue weighted by molar-refractivity contribution is -0.141. The van der Waals surface area contributed by atoms with Gasteiger partial charge in [0.25, 0.3) is 5.91 Å². The molecule has 1 aromatic carbocycles. The highest BCUT2D eigenvalue weighted by Gasteiger charge is 2.30. The second kappa shape index (κ2) is 7.02. The third-order valence-corrected chi connectivity index (χ3v) is 4.40. The average molecular weight is 358 g/mol. The van der Waals surface area contributed by atoms with E-state index in [0.717, 1.165) is 25.7 Å². The van der Waals surface area contributed by atoms with Crippen molar-refractivity contribution in [1.29, 1.82) is 0 Å². The smallest absolute Gasteiger partial charge is 0.325 e. The largest absolute Gasteiger partial charge is 0.468 e. The van der Waals surface area contributed by atoms with Crippen LogP contribution in [0.4, 0.5) is 4.39 Å². The molecule has 0 atom stereocenters. The summed E-state index contributed by atoms with van der Waals surface area (Å²) in [5.41, 5.74) is 0.228. The molecule has 6 heteroatoms. The Morgan fingerprint density at radius 3 is 2.67 bits per heavy atom. The zero-order valence-electron chi connectivity index (χ0n) is 11.8. The maximum Gasteiger partial charge on any atom is 0.325 e. The normalized spacial score (nSPS) is 15.0. The first-order valence-corrected chi connectivity index (χ1v) is 7.65. The number of halogens is 2. The van der Waals surface area contributed by atoms with Gasteiger partial charge in [0.2, 0.25) is 0 Å². The minimum absolute atomic E-state index is 0.00627. The highest BCUT2D eigenvalue weighted by Crippen LogP contribution is 2.27. The summed E-state index contributed by atoms with van der Waals surface area (Å²) < 4.78 is 18.6. The van der Waals surface area contributed by atoms with Gasteiger partial charge < -0.3 is 9.64 Å². The molecular weight excluding hydrogens is 341 g/mol. The number of hydrogen-bond acceptors (Lipinski definition) is 3. The first kappa shape index (κ1) is 15.9. The Morgan fingerprint density at radius 2 is 2.05 bits per heavy atom. The van der Waals surface area contributed by atoms with Crippen molar-refractivity contribution < 1.29 is 18.7 Å². The fraction of sp³-hybridized carbons (Fsp3) is 0.467. The van der Waals surface area contributed by atoms with Crippen LogP contribution in [0, 0.1) is 5.82 Å². The van der Waals surface area contributed by atoms with E-state index in [1.807, 2.05) is 0 Å². The van der Waals surface area contributed by atoms with Crippen molar-refractivity contribution in [3.8, 4) is 0 Å². The van der Waals surface area contributed by atoms with Crippen LogP contribution in [0.2, 0.25) is 0 Å². The van der Waals surface area contributed by atoms with Gasteiger partial charge in [-0.3, -0.25) is 9.59 Å². The third kappa shape index (κ3) is 3.81. The maximum absolute atomic E-state index is 13.4. The van der Waals surface area contributed by atoms with E-state index < -0.39 is 11.8 Å². The van der Waals surface area contributed by atoms with E-state index >= 15 is 0 Å². The van der Waals surface area contributed by atoms with Gasteiger partial charge in [-0.25, -0.2) is 4.39 Å². The van der Waals surface area contributed by atoms with Crippen molar-refractivity contribution in [2.45, 2.75) is 31.7 Å². The molecule has 0 unspecified atom stereocenters. The van der Waals surface area contributed by atoms with Gasteiger partial charge in [-0.1, -0.05) is 12.8 Å². The molecule has 0 saturated heterocycles. The Hall–Kier alpha value is -1.43. The molecule has 1 amide bonds. The lowest BCUT2D eigenvalue weighted by atomic mass is 10.1. The van der Waals surface area contributed by atoms with Gasteiger partial charge >= 0.3 is 5.97 Å². The van der Waals surface area contributed by atoms with Crippen molar-refractivity contribution in [1.82, 2.24) is 4.90 Å². The minimum atomic E-state index is -0.481. The molecular formula is C15H17BrFNO3. The molecule has 0 spiro atoms. The fourth-order valence-electron chi connectivity index (χ4n) is 2.60. The summed E-state index contributed by atoms with van der Waals surface area (Å²) in [6, 6.07) is 3.96. The third-order valence-electron chi connectivity index (χ3n) is 3.71. The van der Waals surface area contributed by atoms with Gasteiger partial charge in [0, 0.05) is 10.5 Å². The quantitative estimate of drug-likeness (QED) is 0.777. The van der Waals surface area contributed by atoms with Crippen molar-refractivity contribution in [3.63, 3.8) is 0 Å². The molecule has 1 aliphatic rings. The number of methoxy groups -OCH3 is 1. The number of carbonyl (C=O) groups excluding carboxylic acids is 2. The van der Waals surface area contributed by atoms with Crippen molar-refractivity contribution >= 4 is 27.8 Å². The van der Waals surface area contributed by atoms with Crippen LogP contribution >= 0.6 is 15.9 Å². The highest BCUT2D eigenvalue weighted by atomic mass is 79.9. The predicted molar refractivity (Wildman–Crippen MR) is 79.4 cm³/mol. The topological polar surface area (TPSA) is 46.6 Å². The first-order chi connectivity index (χ1) is 10.0. The lowest BCUT2D eigenvalue weighted by Crippen LogP contribution is -2.42. The SMILES string of the molecule is COC(=O)CN(C(=O)c1cc(F)ccc1Br)C1CCCC1. The minimum Gasteiger partial charge on any atom is -0.468 e. The van der Waals surface area contributed by atoms with Gasteiger partial charge in [0.15, 0.2) is 0 Å². The van der Waals surface area contributed by atoms with Gasteiger partial charge in [0.05, 0.1) is 12.7 Å². The molecule has 21 heavy (non-hydrogen) atoms. The Labute approximate surface area is 131 Å². The van der Waals surface area contributed by atoms with E-state index in [-0.39, 0.29) is 24.1 Å². The Morgan fingerprint density at radius 1 is 1.38 bits per heavy atom. The van der Waals surface area contributed by atoms with E-state index in [1.165, 1.54) is 30.2 Å². The van der Waals surface area contributed by atoms with E-state index in [0.29, 0.717) is 4.47 Å². The zero-order chi connectivity index (χ0) is 15.4. The molecule has 1 aliphatic carbocycles. The van der Waals surface area contributed by atoms with Crippen LogP contribution in [0.1, 0.15) is 36.0 Å². The van der Waals surface area contributed by atoms with E-state index in [2.05, 4.69) is 20.7 Å². The summed E-state index contributed by atoms with van der Waals surface area (Å²) in [5.74, 6) is -1.30. The standard InChI is InChI=1S/C15H17BrFNO3/c1-21-14(19)9-18(11-4-2-3-5-11)15(20)12-8-10(17)6-7-13(12)16/h6-8,11H,2-5,9H2,1H3. The van der Waals surface area contributed by atoms with Gasteiger partial charge in [-0.2, -0.15) is 0 Å². The summed E-state index contributed by atoms with van der Waals surface area (Å²) in [4.78, 5) is 25.7. The summed E-state index contributed by atoms with van der Waals surface area (Å²) >= 11 is 3.26. The van der Waals surface area contributed by atoms with Crippen molar-refractivity contribution in [2.75, 3.05) is 13.7 Å². The molecule has 0 N–H and O–H groups in total. The van der Waals surface area contributed by atoms with Gasteiger partial charge in [0.1, 0.15) is 12.4 Å². The fourth-order valence-corrected chi connectivity index (χ4v) is 3.02. The predicted octanol–water partition coefficient (Wildman–Crippen LogP) is 3.15. The first-order valence-electron chi connectivity index (χ1n) is 6.85. The molecule has 114 valence electrons. The van der Waals surface area contributed by atoms with Crippen LogP contribution in [0.15, 0.2) is 22.7 Å². The molecule has 0 bridgehead atoms. The summed E-state index contributed by atoms with van der Waals surface area (Å²) in [5, 5.41) is 0. The molecule has 2 rings (SSSR count). The molecule has 4 nitrogen and oxygen atoms in total. The molecule has 1 fully saturated rings. The van der Waals surface area contributed by atoms with Crippen LogP contribution < -0.4 is 0 Å². The number of nitrogens with zero attached hydrogens (tertiary/aromatic N) is 1. The average Bonchev–Trinajstić information content (AvgIpc) is 3.00. The van der Waals surface area contributed by atoms with E-state index in [4.69, 9.17) is 0 Å². The van der Waals surface area contributed by atoms with Crippen LogP contribution in [0.5, 0.6) is 0 Å². The van der Waals surface area contributed by atoms with Crippen LogP contribution in [0.3, 0.4) is 0 Å². The highest BCUT2D eigenvalue weighted by molar-refractivity contribution is 9.10. The molecule has 0 radical (unpaired) electrons. The number of rotatable bonds is 4. The Balaban J connectivity index is 2.28.